The van der Waals surface area contributed by atoms with Crippen molar-refractivity contribution in [3.8, 4) is 0 Å². The second-order valence-electron chi connectivity index (χ2n) is 4.24. The molecule has 3 N–H and O–H groups in total. The van der Waals surface area contributed by atoms with Crippen molar-refractivity contribution in [3.05, 3.63) is 52.0 Å². The van der Waals surface area contributed by atoms with Crippen LogP contribution in [0.25, 0.3) is 0 Å². The number of rotatable bonds is 5. The number of aromatic nitrogens is 2. The SMILES string of the molecule is CCCn1nccc1C(NN)c1ccc(Br)cc1F. The highest BCUT2D eigenvalue weighted by molar-refractivity contribution is 9.10. The van der Waals surface area contributed by atoms with Gasteiger partial charge < -0.3 is 0 Å². The predicted octanol–water partition coefficient (Wildman–Crippen LogP) is 2.75. The molecule has 1 heterocycles. The lowest BCUT2D eigenvalue weighted by Crippen LogP contribution is -2.31. The Hall–Kier alpha value is -1.24. The first kappa shape index (κ1) is 14.2. The van der Waals surface area contributed by atoms with E-state index in [1.165, 1.54) is 6.07 Å². The number of nitrogens with two attached hydrogens (primary N) is 1. The number of aryl methyl sites for hydroxylation is 1. The van der Waals surface area contributed by atoms with Crippen molar-refractivity contribution in [1.82, 2.24) is 15.2 Å². The van der Waals surface area contributed by atoms with E-state index in [4.69, 9.17) is 5.84 Å². The second-order valence-corrected chi connectivity index (χ2v) is 5.16. The van der Waals surface area contributed by atoms with Gasteiger partial charge in [0.1, 0.15) is 5.82 Å². The number of hydrazine groups is 1. The molecule has 0 radical (unpaired) electrons. The molecule has 1 atom stereocenters. The molecule has 0 aliphatic rings. The third kappa shape index (κ3) is 3.02. The standard InChI is InChI=1S/C13H16BrFN4/c1-2-7-19-12(5-6-17-19)13(18-16)10-4-3-9(14)8-11(10)15/h3-6,8,13,18H,2,7,16H2,1H3. The maximum absolute atomic E-state index is 14.0. The lowest BCUT2D eigenvalue weighted by molar-refractivity contribution is 0.502. The van der Waals surface area contributed by atoms with Crippen LogP contribution in [0.3, 0.4) is 0 Å². The molecule has 0 bridgehead atoms. The zero-order valence-corrected chi connectivity index (χ0v) is 12.2. The van der Waals surface area contributed by atoms with Crippen molar-refractivity contribution >= 4 is 15.9 Å². The van der Waals surface area contributed by atoms with Gasteiger partial charge >= 0.3 is 0 Å². The average Bonchev–Trinajstić information content (AvgIpc) is 2.82. The van der Waals surface area contributed by atoms with Crippen LogP contribution in [0.5, 0.6) is 0 Å². The summed E-state index contributed by atoms with van der Waals surface area (Å²) in [5.41, 5.74) is 4.02. The van der Waals surface area contributed by atoms with Gasteiger partial charge in [-0.3, -0.25) is 10.5 Å². The Bertz CT molecular complexity index is 555. The van der Waals surface area contributed by atoms with E-state index < -0.39 is 6.04 Å². The minimum Gasteiger partial charge on any atom is -0.271 e. The molecule has 19 heavy (non-hydrogen) atoms. The lowest BCUT2D eigenvalue weighted by atomic mass is 10.0. The number of benzene rings is 1. The summed E-state index contributed by atoms with van der Waals surface area (Å²) in [5.74, 6) is 5.29. The molecule has 1 aromatic carbocycles. The summed E-state index contributed by atoms with van der Waals surface area (Å²) in [7, 11) is 0. The molecule has 0 saturated heterocycles. The van der Waals surface area contributed by atoms with Crippen molar-refractivity contribution < 1.29 is 4.39 Å². The van der Waals surface area contributed by atoms with Crippen LogP contribution in [0.4, 0.5) is 4.39 Å². The number of halogens is 2. The zero-order valence-electron chi connectivity index (χ0n) is 10.6. The van der Waals surface area contributed by atoms with Gasteiger partial charge in [0, 0.05) is 22.8 Å². The number of nitrogens with one attached hydrogen (secondary N) is 1. The van der Waals surface area contributed by atoms with Crippen molar-refractivity contribution in [3.63, 3.8) is 0 Å². The third-order valence-corrected chi connectivity index (χ3v) is 3.41. The topological polar surface area (TPSA) is 55.9 Å². The van der Waals surface area contributed by atoms with Crippen molar-refractivity contribution in [1.29, 1.82) is 0 Å². The summed E-state index contributed by atoms with van der Waals surface area (Å²) in [6.45, 7) is 2.84. The van der Waals surface area contributed by atoms with Gasteiger partial charge in [-0.05, 0) is 24.6 Å². The van der Waals surface area contributed by atoms with Gasteiger partial charge in [-0.2, -0.15) is 5.10 Å². The first-order valence-corrected chi connectivity index (χ1v) is 6.89. The molecule has 1 unspecified atom stereocenters. The van der Waals surface area contributed by atoms with E-state index in [1.807, 2.05) is 10.7 Å². The fourth-order valence-electron chi connectivity index (χ4n) is 2.06. The van der Waals surface area contributed by atoms with Gasteiger partial charge in [-0.1, -0.05) is 28.9 Å². The molecule has 0 amide bonds. The van der Waals surface area contributed by atoms with E-state index in [2.05, 4.69) is 33.4 Å². The van der Waals surface area contributed by atoms with E-state index in [0.29, 0.717) is 10.0 Å². The van der Waals surface area contributed by atoms with Crippen molar-refractivity contribution in [2.24, 2.45) is 5.84 Å². The van der Waals surface area contributed by atoms with Gasteiger partial charge in [0.15, 0.2) is 0 Å². The maximum atomic E-state index is 14.0. The smallest absolute Gasteiger partial charge is 0.129 e. The first-order valence-electron chi connectivity index (χ1n) is 6.10. The Labute approximate surface area is 119 Å². The molecule has 6 heteroatoms. The average molecular weight is 327 g/mol. The van der Waals surface area contributed by atoms with Crippen LogP contribution in [0.2, 0.25) is 0 Å². The number of hydrogen-bond acceptors (Lipinski definition) is 3. The highest BCUT2D eigenvalue weighted by Gasteiger charge is 2.20. The molecule has 1 aromatic heterocycles. The van der Waals surface area contributed by atoms with Crippen molar-refractivity contribution in [2.45, 2.75) is 25.9 Å². The minimum atomic E-state index is -0.415. The van der Waals surface area contributed by atoms with Crippen LogP contribution in [0.1, 0.15) is 30.6 Å². The molecule has 0 aliphatic heterocycles. The first-order chi connectivity index (χ1) is 9.17. The van der Waals surface area contributed by atoms with E-state index in [9.17, 15) is 4.39 Å². The summed E-state index contributed by atoms with van der Waals surface area (Å²) in [6.07, 6.45) is 2.65. The van der Waals surface area contributed by atoms with Crippen LogP contribution < -0.4 is 11.3 Å². The fraction of sp³-hybridized carbons (Fsp3) is 0.308. The van der Waals surface area contributed by atoms with Crippen LogP contribution in [0, 0.1) is 5.82 Å². The molecule has 0 fully saturated rings. The van der Waals surface area contributed by atoms with Gasteiger partial charge in [-0.15, -0.1) is 0 Å². The monoisotopic (exact) mass is 326 g/mol. The molecule has 0 aliphatic carbocycles. The molecule has 4 nitrogen and oxygen atoms in total. The Morgan fingerprint density at radius 3 is 2.89 bits per heavy atom. The van der Waals surface area contributed by atoms with Gasteiger partial charge in [0.25, 0.3) is 0 Å². The molecule has 0 spiro atoms. The van der Waals surface area contributed by atoms with Crippen molar-refractivity contribution in [2.75, 3.05) is 0 Å². The third-order valence-electron chi connectivity index (χ3n) is 2.92. The summed E-state index contributed by atoms with van der Waals surface area (Å²) < 4.78 is 16.6. The highest BCUT2D eigenvalue weighted by atomic mass is 79.9. The van der Waals surface area contributed by atoms with E-state index in [0.717, 1.165) is 18.7 Å². The Balaban J connectivity index is 2.41. The second kappa shape index (κ2) is 6.27. The zero-order chi connectivity index (χ0) is 13.8. The maximum Gasteiger partial charge on any atom is 0.129 e. The fourth-order valence-corrected chi connectivity index (χ4v) is 2.39. The number of nitrogens with zero attached hydrogens (tertiary/aromatic N) is 2. The van der Waals surface area contributed by atoms with Crippen LogP contribution >= 0.6 is 15.9 Å². The minimum absolute atomic E-state index is 0.304. The lowest BCUT2D eigenvalue weighted by Gasteiger charge is -2.18. The summed E-state index contributed by atoms with van der Waals surface area (Å²) in [4.78, 5) is 0. The molecular weight excluding hydrogens is 311 g/mol. The molecule has 2 aromatic rings. The normalized spacial score (nSPS) is 12.6. The van der Waals surface area contributed by atoms with Gasteiger partial charge in [0.2, 0.25) is 0 Å². The molecule has 2 rings (SSSR count). The van der Waals surface area contributed by atoms with Gasteiger partial charge in [-0.25, -0.2) is 9.82 Å². The quantitative estimate of drug-likeness (QED) is 0.656. The Morgan fingerprint density at radius 2 is 2.26 bits per heavy atom. The van der Waals surface area contributed by atoms with Crippen LogP contribution in [0.15, 0.2) is 34.9 Å². The van der Waals surface area contributed by atoms with E-state index >= 15 is 0 Å². The van der Waals surface area contributed by atoms with E-state index in [-0.39, 0.29) is 5.82 Å². The summed E-state index contributed by atoms with van der Waals surface area (Å²) in [5, 5.41) is 4.24. The molecule has 102 valence electrons. The Morgan fingerprint density at radius 1 is 1.47 bits per heavy atom. The molecular formula is C13H16BrFN4. The molecule has 0 saturated carbocycles. The van der Waals surface area contributed by atoms with E-state index in [1.54, 1.807) is 18.3 Å². The highest BCUT2D eigenvalue weighted by Crippen LogP contribution is 2.26. The Kier molecular flexibility index (Phi) is 4.68. The summed E-state index contributed by atoms with van der Waals surface area (Å²) >= 11 is 3.25. The van der Waals surface area contributed by atoms with Crippen LogP contribution in [-0.2, 0) is 6.54 Å². The number of hydrogen-bond donors (Lipinski definition) is 2. The predicted molar refractivity (Wildman–Crippen MR) is 75.8 cm³/mol. The van der Waals surface area contributed by atoms with Gasteiger partial charge in [0.05, 0.1) is 11.7 Å². The largest absolute Gasteiger partial charge is 0.271 e. The summed E-state index contributed by atoms with van der Waals surface area (Å²) in [6, 6.07) is 6.38. The van der Waals surface area contributed by atoms with Crippen LogP contribution in [-0.4, -0.2) is 9.78 Å².